The summed E-state index contributed by atoms with van der Waals surface area (Å²) < 4.78 is 5.13. The summed E-state index contributed by atoms with van der Waals surface area (Å²) in [6.45, 7) is 0. The molecule has 4 rings (SSSR count). The number of hydrogen-bond acceptors (Lipinski definition) is 5. The topological polar surface area (TPSA) is 117 Å². The molecule has 1 aliphatic rings. The molecule has 0 bridgehead atoms. The Kier molecular flexibility index (Phi) is 2.77. The van der Waals surface area contributed by atoms with E-state index in [0.29, 0.717) is 11.4 Å². The van der Waals surface area contributed by atoms with Gasteiger partial charge in [0.05, 0.1) is 5.69 Å². The molecule has 1 aliphatic heterocycles. The van der Waals surface area contributed by atoms with Gasteiger partial charge in [0.2, 0.25) is 11.8 Å². The van der Waals surface area contributed by atoms with Crippen molar-refractivity contribution in [2.45, 2.75) is 5.92 Å². The van der Waals surface area contributed by atoms with Gasteiger partial charge >= 0.3 is 6.03 Å². The highest BCUT2D eigenvalue weighted by atomic mass is 16.5. The molecular formula is C15H10N4O4. The van der Waals surface area contributed by atoms with Crippen LogP contribution in [0, 0.1) is 0 Å². The van der Waals surface area contributed by atoms with Crippen molar-refractivity contribution in [1.29, 1.82) is 0 Å². The van der Waals surface area contributed by atoms with Crippen LogP contribution in [0.2, 0.25) is 0 Å². The molecule has 23 heavy (non-hydrogen) atoms. The first-order chi connectivity index (χ1) is 11.1. The van der Waals surface area contributed by atoms with Gasteiger partial charge in [-0.3, -0.25) is 20.2 Å². The van der Waals surface area contributed by atoms with Crippen LogP contribution in [0.15, 0.2) is 40.9 Å². The number of nitrogens with zero attached hydrogens (tertiary/aromatic N) is 1. The van der Waals surface area contributed by atoms with E-state index in [9.17, 15) is 14.4 Å². The van der Waals surface area contributed by atoms with Gasteiger partial charge in [0.15, 0.2) is 11.7 Å². The Morgan fingerprint density at radius 2 is 1.74 bits per heavy atom. The quantitative estimate of drug-likeness (QED) is 0.616. The van der Waals surface area contributed by atoms with Gasteiger partial charge in [0, 0.05) is 17.0 Å². The van der Waals surface area contributed by atoms with E-state index in [4.69, 9.17) is 4.52 Å². The summed E-state index contributed by atoms with van der Waals surface area (Å²) in [5, 5.41) is 8.95. The van der Waals surface area contributed by atoms with E-state index in [-0.39, 0.29) is 5.76 Å². The molecule has 0 unspecified atom stereocenters. The molecule has 1 saturated heterocycles. The van der Waals surface area contributed by atoms with Gasteiger partial charge in [0.25, 0.3) is 0 Å². The molecule has 8 nitrogen and oxygen atoms in total. The number of H-pyrrole nitrogens is 1. The number of rotatable bonds is 2. The Balaban J connectivity index is 1.70. The van der Waals surface area contributed by atoms with Gasteiger partial charge in [0.1, 0.15) is 5.69 Å². The minimum Gasteiger partial charge on any atom is -0.359 e. The van der Waals surface area contributed by atoms with E-state index in [1.54, 1.807) is 0 Å². The van der Waals surface area contributed by atoms with E-state index in [1.807, 2.05) is 41.0 Å². The highest BCUT2D eigenvalue weighted by molar-refractivity contribution is 6.19. The Hall–Kier alpha value is -3.42. The predicted molar refractivity (Wildman–Crippen MR) is 78.2 cm³/mol. The fraction of sp³-hybridized carbons (Fsp3) is 0.0667. The Bertz CT molecular complexity index is 902. The number of para-hydroxylation sites is 1. The first-order valence-electron chi connectivity index (χ1n) is 6.82. The molecule has 3 heterocycles. The minimum absolute atomic E-state index is 0.0705. The highest BCUT2D eigenvalue weighted by Crippen LogP contribution is 2.27. The van der Waals surface area contributed by atoms with Crippen molar-refractivity contribution in [2.75, 3.05) is 0 Å². The van der Waals surface area contributed by atoms with Crippen LogP contribution in [0.25, 0.3) is 22.3 Å². The Morgan fingerprint density at radius 1 is 1.00 bits per heavy atom. The van der Waals surface area contributed by atoms with Gasteiger partial charge < -0.3 is 9.51 Å². The molecule has 3 aromatic rings. The third-order valence-corrected chi connectivity index (χ3v) is 3.62. The number of imide groups is 2. The van der Waals surface area contributed by atoms with Crippen LogP contribution in [-0.4, -0.2) is 28.0 Å². The maximum absolute atomic E-state index is 11.8. The standard InChI is InChI=1S/C15H10N4O4/c20-13-12(14(21)18-15(22)17-13)11-6-10(19-23-11)9-5-7-3-1-2-4-8(7)16-9/h1-6,12,16H,(H2,17,18,20,21,22). The van der Waals surface area contributed by atoms with Gasteiger partial charge in [-0.1, -0.05) is 23.4 Å². The number of aromatic amines is 1. The molecule has 114 valence electrons. The van der Waals surface area contributed by atoms with Gasteiger partial charge in [-0.25, -0.2) is 4.79 Å². The minimum atomic E-state index is -1.24. The fourth-order valence-electron chi connectivity index (χ4n) is 2.54. The third-order valence-electron chi connectivity index (χ3n) is 3.62. The molecule has 3 N–H and O–H groups in total. The van der Waals surface area contributed by atoms with Crippen molar-refractivity contribution < 1.29 is 18.9 Å². The SMILES string of the molecule is O=C1NC(=O)C(c2cc(-c3cc4ccccc4[nH]3)no2)C(=O)N1. The Morgan fingerprint density at radius 3 is 2.48 bits per heavy atom. The van der Waals surface area contributed by atoms with Gasteiger partial charge in [-0.2, -0.15) is 0 Å². The number of aromatic nitrogens is 2. The second-order valence-electron chi connectivity index (χ2n) is 5.13. The van der Waals surface area contributed by atoms with E-state index in [1.165, 1.54) is 6.07 Å². The van der Waals surface area contributed by atoms with Gasteiger partial charge in [-0.05, 0) is 12.1 Å². The van der Waals surface area contributed by atoms with Crippen LogP contribution in [0.4, 0.5) is 4.79 Å². The molecule has 0 aliphatic carbocycles. The summed E-state index contributed by atoms with van der Waals surface area (Å²) in [5.74, 6) is -2.64. The lowest BCUT2D eigenvalue weighted by molar-refractivity contribution is -0.132. The number of carbonyl (C=O) groups is 3. The molecule has 8 heteroatoms. The molecule has 0 radical (unpaired) electrons. The van der Waals surface area contributed by atoms with E-state index in [0.717, 1.165) is 10.9 Å². The van der Waals surface area contributed by atoms with Crippen molar-refractivity contribution in [1.82, 2.24) is 20.8 Å². The van der Waals surface area contributed by atoms with E-state index in [2.05, 4.69) is 10.1 Å². The normalized spacial score (nSPS) is 15.7. The van der Waals surface area contributed by atoms with Crippen LogP contribution in [0.3, 0.4) is 0 Å². The van der Waals surface area contributed by atoms with Crippen molar-refractivity contribution >= 4 is 28.7 Å². The van der Waals surface area contributed by atoms with Crippen molar-refractivity contribution in [3.05, 3.63) is 42.2 Å². The number of amides is 4. The lowest BCUT2D eigenvalue weighted by atomic mass is 10.0. The van der Waals surface area contributed by atoms with Crippen LogP contribution in [-0.2, 0) is 9.59 Å². The summed E-state index contributed by atoms with van der Waals surface area (Å²) in [4.78, 5) is 37.9. The number of barbiturate groups is 1. The molecule has 0 atom stereocenters. The Labute approximate surface area is 128 Å². The van der Waals surface area contributed by atoms with Crippen LogP contribution in [0.5, 0.6) is 0 Å². The largest absolute Gasteiger partial charge is 0.359 e. The summed E-state index contributed by atoms with van der Waals surface area (Å²) in [6.07, 6.45) is 0. The smallest absolute Gasteiger partial charge is 0.328 e. The summed E-state index contributed by atoms with van der Waals surface area (Å²) in [7, 11) is 0. The molecule has 1 aromatic carbocycles. The lowest BCUT2D eigenvalue weighted by Crippen LogP contribution is -2.54. The molecule has 2 aromatic heterocycles. The van der Waals surface area contributed by atoms with E-state index < -0.39 is 23.8 Å². The average molecular weight is 310 g/mol. The maximum Gasteiger partial charge on any atom is 0.328 e. The zero-order valence-corrected chi connectivity index (χ0v) is 11.6. The van der Waals surface area contributed by atoms with E-state index >= 15 is 0 Å². The highest BCUT2D eigenvalue weighted by Gasteiger charge is 2.38. The summed E-state index contributed by atoms with van der Waals surface area (Å²) in [6, 6.07) is 10.3. The van der Waals surface area contributed by atoms with Gasteiger partial charge in [-0.15, -0.1) is 0 Å². The number of fused-ring (bicyclic) bond motifs is 1. The second-order valence-corrected chi connectivity index (χ2v) is 5.13. The van der Waals surface area contributed by atoms with Crippen LogP contribution < -0.4 is 10.6 Å². The monoisotopic (exact) mass is 310 g/mol. The summed E-state index contributed by atoms with van der Waals surface area (Å²) >= 11 is 0. The molecule has 0 saturated carbocycles. The number of nitrogens with one attached hydrogen (secondary N) is 3. The maximum atomic E-state index is 11.8. The van der Waals surface area contributed by atoms with Crippen LogP contribution >= 0.6 is 0 Å². The first kappa shape index (κ1) is 13.3. The molecular weight excluding hydrogens is 300 g/mol. The first-order valence-corrected chi connectivity index (χ1v) is 6.82. The fourth-order valence-corrected chi connectivity index (χ4v) is 2.54. The number of benzene rings is 1. The zero-order valence-electron chi connectivity index (χ0n) is 11.6. The van der Waals surface area contributed by atoms with Crippen LogP contribution in [0.1, 0.15) is 11.7 Å². The second kappa shape index (κ2) is 4.80. The summed E-state index contributed by atoms with van der Waals surface area (Å²) in [5.41, 5.74) is 2.11. The molecule has 1 fully saturated rings. The third kappa shape index (κ3) is 2.16. The van der Waals surface area contributed by atoms with Crippen molar-refractivity contribution in [3.8, 4) is 11.4 Å². The number of hydrogen-bond donors (Lipinski definition) is 3. The number of carbonyl (C=O) groups excluding carboxylic acids is 3. The molecule has 0 spiro atoms. The predicted octanol–water partition coefficient (Wildman–Crippen LogP) is 1.27. The van der Waals surface area contributed by atoms with Crippen molar-refractivity contribution in [3.63, 3.8) is 0 Å². The zero-order chi connectivity index (χ0) is 16.0. The number of urea groups is 1. The molecule has 4 amide bonds. The average Bonchev–Trinajstić information content (AvgIpc) is 3.12. The lowest BCUT2D eigenvalue weighted by Gasteiger charge is -2.17. The van der Waals surface area contributed by atoms with Crippen molar-refractivity contribution in [2.24, 2.45) is 0 Å².